The standard InChI is InChI=1S/C13H9F3N2O/c14-13(15,16)10-6-7-11(17-8-10)18-12(19)9-4-2-1-3-5-9/h1-8H,(H,17,18,19). The van der Waals surface area contributed by atoms with E-state index >= 15 is 0 Å². The van der Waals surface area contributed by atoms with Crippen molar-refractivity contribution in [3.8, 4) is 0 Å². The van der Waals surface area contributed by atoms with E-state index in [0.29, 0.717) is 11.8 Å². The van der Waals surface area contributed by atoms with Gasteiger partial charge in [-0.25, -0.2) is 4.98 Å². The lowest BCUT2D eigenvalue weighted by Crippen LogP contribution is -2.13. The third-order valence-electron chi connectivity index (χ3n) is 2.37. The summed E-state index contributed by atoms with van der Waals surface area (Å²) in [5, 5.41) is 2.42. The zero-order chi connectivity index (χ0) is 13.9. The van der Waals surface area contributed by atoms with Crippen molar-refractivity contribution in [2.24, 2.45) is 0 Å². The number of amides is 1. The number of halogens is 3. The van der Waals surface area contributed by atoms with Crippen LogP contribution in [0.1, 0.15) is 15.9 Å². The van der Waals surface area contributed by atoms with E-state index in [9.17, 15) is 18.0 Å². The van der Waals surface area contributed by atoms with Crippen molar-refractivity contribution < 1.29 is 18.0 Å². The Morgan fingerprint density at radius 2 is 1.74 bits per heavy atom. The molecule has 1 heterocycles. The summed E-state index contributed by atoms with van der Waals surface area (Å²) < 4.78 is 37.0. The summed E-state index contributed by atoms with van der Waals surface area (Å²) in [6.07, 6.45) is -3.75. The van der Waals surface area contributed by atoms with Gasteiger partial charge < -0.3 is 5.32 Å². The fourth-order valence-corrected chi connectivity index (χ4v) is 1.41. The molecule has 2 rings (SSSR count). The van der Waals surface area contributed by atoms with Gasteiger partial charge in [0.25, 0.3) is 5.91 Å². The lowest BCUT2D eigenvalue weighted by Gasteiger charge is -2.07. The predicted molar refractivity (Wildman–Crippen MR) is 63.6 cm³/mol. The van der Waals surface area contributed by atoms with Gasteiger partial charge in [0.15, 0.2) is 0 Å². The van der Waals surface area contributed by atoms with Crippen LogP contribution in [-0.4, -0.2) is 10.9 Å². The van der Waals surface area contributed by atoms with Crippen LogP contribution in [-0.2, 0) is 6.18 Å². The zero-order valence-corrected chi connectivity index (χ0v) is 9.61. The van der Waals surface area contributed by atoms with Crippen molar-refractivity contribution in [1.82, 2.24) is 4.98 Å². The highest BCUT2D eigenvalue weighted by molar-refractivity contribution is 6.03. The second-order valence-corrected chi connectivity index (χ2v) is 3.75. The maximum Gasteiger partial charge on any atom is 0.417 e. The molecular weight excluding hydrogens is 257 g/mol. The lowest BCUT2D eigenvalue weighted by molar-refractivity contribution is -0.137. The molecule has 0 bridgehead atoms. The van der Waals surface area contributed by atoms with E-state index in [0.717, 1.165) is 12.1 Å². The topological polar surface area (TPSA) is 42.0 Å². The highest BCUT2D eigenvalue weighted by atomic mass is 19.4. The van der Waals surface area contributed by atoms with E-state index in [4.69, 9.17) is 0 Å². The Morgan fingerprint density at radius 3 is 2.26 bits per heavy atom. The minimum Gasteiger partial charge on any atom is -0.307 e. The molecule has 1 aromatic carbocycles. The summed E-state index contributed by atoms with van der Waals surface area (Å²) in [7, 11) is 0. The summed E-state index contributed by atoms with van der Waals surface area (Å²) in [6, 6.07) is 10.3. The van der Waals surface area contributed by atoms with Crippen LogP contribution >= 0.6 is 0 Å². The van der Waals surface area contributed by atoms with Crippen molar-refractivity contribution in [3.63, 3.8) is 0 Å². The molecule has 0 saturated heterocycles. The number of aromatic nitrogens is 1. The molecule has 0 aliphatic rings. The summed E-state index contributed by atoms with van der Waals surface area (Å²) in [5.74, 6) is -0.352. The molecule has 0 radical (unpaired) electrons. The molecule has 0 spiro atoms. The molecule has 98 valence electrons. The molecular formula is C13H9F3N2O. The molecule has 0 unspecified atom stereocenters. The first-order chi connectivity index (χ1) is 8.97. The first kappa shape index (κ1) is 13.1. The summed E-state index contributed by atoms with van der Waals surface area (Å²) in [4.78, 5) is 15.3. The van der Waals surface area contributed by atoms with Gasteiger partial charge in [-0.05, 0) is 24.3 Å². The van der Waals surface area contributed by atoms with Crippen LogP contribution in [0.25, 0.3) is 0 Å². The maximum absolute atomic E-state index is 12.3. The van der Waals surface area contributed by atoms with Crippen molar-refractivity contribution in [1.29, 1.82) is 0 Å². The Hall–Kier alpha value is -2.37. The number of benzene rings is 1. The third-order valence-corrected chi connectivity index (χ3v) is 2.37. The number of nitrogens with one attached hydrogen (secondary N) is 1. The van der Waals surface area contributed by atoms with E-state index < -0.39 is 17.6 Å². The van der Waals surface area contributed by atoms with E-state index in [1.54, 1.807) is 30.3 Å². The lowest BCUT2D eigenvalue weighted by atomic mass is 10.2. The molecule has 1 N–H and O–H groups in total. The molecule has 0 aliphatic carbocycles. The van der Waals surface area contributed by atoms with E-state index in [1.165, 1.54) is 0 Å². The number of rotatable bonds is 2. The predicted octanol–water partition coefficient (Wildman–Crippen LogP) is 3.35. The van der Waals surface area contributed by atoms with E-state index in [-0.39, 0.29) is 5.82 Å². The van der Waals surface area contributed by atoms with E-state index in [1.807, 2.05) is 0 Å². The van der Waals surface area contributed by atoms with Gasteiger partial charge in [-0.2, -0.15) is 13.2 Å². The van der Waals surface area contributed by atoms with Gasteiger partial charge in [-0.1, -0.05) is 18.2 Å². The van der Waals surface area contributed by atoms with Crippen LogP contribution in [0.5, 0.6) is 0 Å². The fraction of sp³-hybridized carbons (Fsp3) is 0.0769. The van der Waals surface area contributed by atoms with Crippen molar-refractivity contribution in [2.75, 3.05) is 5.32 Å². The molecule has 0 saturated carbocycles. The first-order valence-corrected chi connectivity index (χ1v) is 5.36. The molecule has 2 aromatic rings. The summed E-state index contributed by atoms with van der Waals surface area (Å²) in [6.45, 7) is 0. The number of pyridine rings is 1. The van der Waals surface area contributed by atoms with Gasteiger partial charge in [-0.15, -0.1) is 0 Å². The van der Waals surface area contributed by atoms with Crippen LogP contribution in [0, 0.1) is 0 Å². The average molecular weight is 266 g/mol. The number of hydrogen-bond acceptors (Lipinski definition) is 2. The largest absolute Gasteiger partial charge is 0.417 e. The third kappa shape index (κ3) is 3.31. The number of carbonyl (C=O) groups is 1. The highest BCUT2D eigenvalue weighted by Gasteiger charge is 2.30. The van der Waals surface area contributed by atoms with Gasteiger partial charge in [0.2, 0.25) is 0 Å². The van der Waals surface area contributed by atoms with Crippen LogP contribution in [0.2, 0.25) is 0 Å². The Morgan fingerprint density at radius 1 is 1.05 bits per heavy atom. The smallest absolute Gasteiger partial charge is 0.307 e. The van der Waals surface area contributed by atoms with E-state index in [2.05, 4.69) is 10.3 Å². The monoisotopic (exact) mass is 266 g/mol. The van der Waals surface area contributed by atoms with Crippen LogP contribution in [0.15, 0.2) is 48.7 Å². The molecule has 0 aliphatic heterocycles. The van der Waals surface area contributed by atoms with Gasteiger partial charge in [0.1, 0.15) is 5.82 Å². The van der Waals surface area contributed by atoms with Gasteiger partial charge in [0, 0.05) is 11.8 Å². The zero-order valence-electron chi connectivity index (χ0n) is 9.61. The Bertz CT molecular complexity index is 565. The van der Waals surface area contributed by atoms with Crippen molar-refractivity contribution >= 4 is 11.7 Å². The van der Waals surface area contributed by atoms with Crippen molar-refractivity contribution in [2.45, 2.75) is 6.18 Å². The van der Waals surface area contributed by atoms with Gasteiger partial charge >= 0.3 is 6.18 Å². The second-order valence-electron chi connectivity index (χ2n) is 3.75. The van der Waals surface area contributed by atoms with Gasteiger partial charge in [0.05, 0.1) is 5.56 Å². The molecule has 0 atom stereocenters. The fourth-order valence-electron chi connectivity index (χ4n) is 1.41. The second kappa shape index (κ2) is 5.09. The highest BCUT2D eigenvalue weighted by Crippen LogP contribution is 2.28. The van der Waals surface area contributed by atoms with Crippen LogP contribution in [0.4, 0.5) is 19.0 Å². The molecule has 6 heteroatoms. The normalized spacial score (nSPS) is 11.1. The van der Waals surface area contributed by atoms with Crippen LogP contribution in [0.3, 0.4) is 0 Å². The minimum absolute atomic E-state index is 0.0712. The van der Waals surface area contributed by atoms with Crippen LogP contribution < -0.4 is 5.32 Å². The molecule has 19 heavy (non-hydrogen) atoms. The Kier molecular flexibility index (Phi) is 3.50. The SMILES string of the molecule is O=C(Nc1ccc(C(F)(F)F)cn1)c1ccccc1. The Labute approximate surface area is 107 Å². The van der Waals surface area contributed by atoms with Crippen molar-refractivity contribution in [3.05, 3.63) is 59.8 Å². The number of anilines is 1. The average Bonchev–Trinajstić information content (AvgIpc) is 2.39. The summed E-state index contributed by atoms with van der Waals surface area (Å²) in [5.41, 5.74) is -0.450. The first-order valence-electron chi connectivity index (χ1n) is 5.36. The minimum atomic E-state index is -4.44. The van der Waals surface area contributed by atoms with Gasteiger partial charge in [-0.3, -0.25) is 4.79 Å². The number of nitrogens with zero attached hydrogens (tertiary/aromatic N) is 1. The molecule has 1 aromatic heterocycles. The Balaban J connectivity index is 2.10. The molecule has 3 nitrogen and oxygen atoms in total. The number of alkyl halides is 3. The molecule has 1 amide bonds. The quantitative estimate of drug-likeness (QED) is 0.905. The number of carbonyl (C=O) groups excluding carboxylic acids is 1. The number of hydrogen-bond donors (Lipinski definition) is 1. The summed E-state index contributed by atoms with van der Waals surface area (Å²) >= 11 is 0. The molecule has 0 fully saturated rings. The maximum atomic E-state index is 12.3.